The van der Waals surface area contributed by atoms with Crippen LogP contribution in [0.4, 0.5) is 0 Å². The Hall–Kier alpha value is -1.69. The zero-order valence-corrected chi connectivity index (χ0v) is 36.6. The Kier molecular flexibility index (Phi) is 43.6. The molecule has 0 spiro atoms. The van der Waals surface area contributed by atoms with Gasteiger partial charge in [0.05, 0.1) is 18.8 Å². The van der Waals surface area contributed by atoms with Crippen molar-refractivity contribution in [2.45, 2.75) is 257 Å². The van der Waals surface area contributed by atoms with Gasteiger partial charge in [-0.25, -0.2) is 0 Å². The summed E-state index contributed by atoms with van der Waals surface area (Å²) in [7, 11) is 0. The third kappa shape index (κ3) is 40.3. The lowest BCUT2D eigenvalue weighted by atomic mass is 10.0. The molecule has 0 bridgehead atoms. The van der Waals surface area contributed by atoms with Crippen molar-refractivity contribution in [3.8, 4) is 0 Å². The summed E-state index contributed by atoms with van der Waals surface area (Å²) in [5.74, 6) is -0.516. The number of carbonyl (C=O) groups excluding carboxylic acids is 1. The van der Waals surface area contributed by atoms with Gasteiger partial charge >= 0.3 is 0 Å². The Bertz CT molecular complexity index is 896. The fraction of sp³-hybridized carbons (Fsp3) is 0.820. The maximum absolute atomic E-state index is 12.5. The molecule has 0 aliphatic carbocycles. The highest BCUT2D eigenvalue weighted by Gasteiger charge is 2.22. The number of allylic oxidation sites excluding steroid dienone is 7. The van der Waals surface area contributed by atoms with E-state index < -0.39 is 24.2 Å². The summed E-state index contributed by atoms with van der Waals surface area (Å²) in [6.07, 6.45) is 58.7. The zero-order valence-electron chi connectivity index (χ0n) is 36.6. The number of hydrogen-bond acceptors (Lipinski definition) is 4. The molecule has 0 aromatic rings. The Morgan fingerprint density at radius 3 is 1.22 bits per heavy atom. The van der Waals surface area contributed by atoms with E-state index in [1.54, 1.807) is 6.08 Å². The van der Waals surface area contributed by atoms with Gasteiger partial charge in [0.2, 0.25) is 5.91 Å². The molecule has 5 heteroatoms. The molecule has 0 heterocycles. The molecule has 4 N–H and O–H groups in total. The van der Waals surface area contributed by atoms with Crippen LogP contribution in [0.15, 0.2) is 48.6 Å². The van der Waals surface area contributed by atoms with E-state index in [0.717, 1.165) is 44.9 Å². The summed E-state index contributed by atoms with van der Waals surface area (Å²) in [4.78, 5) is 12.5. The number of amides is 1. The average Bonchev–Trinajstić information content (AvgIpc) is 3.19. The molecule has 1 amide bonds. The first-order valence-electron chi connectivity index (χ1n) is 24.0. The molecular formula is C50H93NO4. The molecule has 0 saturated heterocycles. The summed E-state index contributed by atoms with van der Waals surface area (Å²) >= 11 is 0. The van der Waals surface area contributed by atoms with Gasteiger partial charge in [-0.3, -0.25) is 4.79 Å². The van der Waals surface area contributed by atoms with Crippen LogP contribution in [0, 0.1) is 0 Å². The van der Waals surface area contributed by atoms with E-state index in [0.29, 0.717) is 6.42 Å². The van der Waals surface area contributed by atoms with E-state index in [1.807, 2.05) is 6.08 Å². The SMILES string of the molecule is CCCCCCCCCCC/C=C\C/C=C\CCCCCCCCCCCCC(O)C(=O)NC(CO)C(O)/C=C/CC/C=C/CCCCCCCCCCC. The second kappa shape index (κ2) is 45.0. The number of nitrogens with one attached hydrogen (secondary N) is 1. The molecule has 55 heavy (non-hydrogen) atoms. The van der Waals surface area contributed by atoms with Crippen molar-refractivity contribution in [2.75, 3.05) is 6.61 Å². The lowest BCUT2D eigenvalue weighted by molar-refractivity contribution is -0.131. The monoisotopic (exact) mass is 772 g/mol. The van der Waals surface area contributed by atoms with Gasteiger partial charge in [0.1, 0.15) is 6.10 Å². The van der Waals surface area contributed by atoms with Gasteiger partial charge in [0.15, 0.2) is 0 Å². The van der Waals surface area contributed by atoms with Crippen LogP contribution in [0.2, 0.25) is 0 Å². The topological polar surface area (TPSA) is 89.8 Å². The van der Waals surface area contributed by atoms with Gasteiger partial charge in [-0.2, -0.15) is 0 Å². The third-order valence-electron chi connectivity index (χ3n) is 10.9. The molecule has 0 rings (SSSR count). The molecule has 0 fully saturated rings. The summed E-state index contributed by atoms with van der Waals surface area (Å²) in [6, 6.07) is -0.816. The Morgan fingerprint density at radius 2 is 0.800 bits per heavy atom. The van der Waals surface area contributed by atoms with Crippen LogP contribution in [0.25, 0.3) is 0 Å². The number of aliphatic hydroxyl groups excluding tert-OH is 3. The zero-order chi connectivity index (χ0) is 40.1. The van der Waals surface area contributed by atoms with Gasteiger partial charge in [0.25, 0.3) is 0 Å². The molecule has 3 unspecified atom stereocenters. The smallest absolute Gasteiger partial charge is 0.249 e. The Labute approximate surface area is 342 Å². The van der Waals surface area contributed by atoms with Gasteiger partial charge in [-0.05, 0) is 64.2 Å². The molecule has 0 saturated carbocycles. The fourth-order valence-electron chi connectivity index (χ4n) is 7.11. The second-order valence-corrected chi connectivity index (χ2v) is 16.3. The predicted molar refractivity (Wildman–Crippen MR) is 241 cm³/mol. The van der Waals surface area contributed by atoms with Crippen molar-refractivity contribution in [1.29, 1.82) is 0 Å². The van der Waals surface area contributed by atoms with Crippen LogP contribution in [0.1, 0.15) is 239 Å². The summed E-state index contributed by atoms with van der Waals surface area (Å²) < 4.78 is 0. The fourth-order valence-corrected chi connectivity index (χ4v) is 7.11. The average molecular weight is 772 g/mol. The van der Waals surface area contributed by atoms with Crippen LogP contribution in [-0.4, -0.2) is 46.1 Å². The van der Waals surface area contributed by atoms with E-state index in [2.05, 4.69) is 55.6 Å². The van der Waals surface area contributed by atoms with Gasteiger partial charge in [-0.1, -0.05) is 223 Å². The Morgan fingerprint density at radius 1 is 0.455 bits per heavy atom. The van der Waals surface area contributed by atoms with E-state index in [9.17, 15) is 20.1 Å². The molecule has 0 radical (unpaired) electrons. The van der Waals surface area contributed by atoms with E-state index >= 15 is 0 Å². The van der Waals surface area contributed by atoms with Crippen LogP contribution in [0.5, 0.6) is 0 Å². The first kappa shape index (κ1) is 53.3. The minimum Gasteiger partial charge on any atom is -0.394 e. The predicted octanol–water partition coefficient (Wildman–Crippen LogP) is 14.1. The van der Waals surface area contributed by atoms with Crippen molar-refractivity contribution in [3.05, 3.63) is 48.6 Å². The molecule has 0 aliphatic heterocycles. The standard InChI is InChI=1S/C50H93NO4/c1-3-5-7-9-11-13-15-17-19-20-21-22-23-24-25-26-27-28-29-31-33-35-37-39-41-43-45-49(54)50(55)51-47(46-52)48(53)44-42-40-38-36-34-32-30-18-16-14-12-10-8-6-4-2/h21-22,24-25,34,36,42,44,47-49,52-54H,3-20,23,26-33,35,37-41,43,45-46H2,1-2H3,(H,51,55)/b22-21-,25-24-,36-34+,44-42+. The largest absolute Gasteiger partial charge is 0.394 e. The molecule has 0 aromatic heterocycles. The number of carbonyl (C=O) groups is 1. The first-order chi connectivity index (χ1) is 27.1. The maximum Gasteiger partial charge on any atom is 0.249 e. The molecule has 5 nitrogen and oxygen atoms in total. The highest BCUT2D eigenvalue weighted by atomic mass is 16.3. The van der Waals surface area contributed by atoms with Crippen LogP contribution < -0.4 is 5.32 Å². The molecule has 3 atom stereocenters. The van der Waals surface area contributed by atoms with Crippen molar-refractivity contribution < 1.29 is 20.1 Å². The maximum atomic E-state index is 12.5. The van der Waals surface area contributed by atoms with Gasteiger partial charge in [0, 0.05) is 0 Å². The lowest BCUT2D eigenvalue weighted by Crippen LogP contribution is -2.48. The normalized spacial score (nSPS) is 13.9. The van der Waals surface area contributed by atoms with Crippen LogP contribution in [0.3, 0.4) is 0 Å². The summed E-state index contributed by atoms with van der Waals surface area (Å²) in [6.45, 7) is 4.17. The van der Waals surface area contributed by atoms with E-state index in [1.165, 1.54) is 173 Å². The lowest BCUT2D eigenvalue weighted by Gasteiger charge is -2.21. The third-order valence-corrected chi connectivity index (χ3v) is 10.9. The first-order valence-corrected chi connectivity index (χ1v) is 24.0. The molecule has 0 aromatic carbocycles. The number of rotatable bonds is 43. The highest BCUT2D eigenvalue weighted by Crippen LogP contribution is 2.15. The number of aliphatic hydroxyl groups is 3. The summed E-state index contributed by atoms with van der Waals surface area (Å²) in [5.41, 5.74) is 0. The van der Waals surface area contributed by atoms with Crippen molar-refractivity contribution >= 4 is 5.91 Å². The van der Waals surface area contributed by atoms with Gasteiger partial charge in [-0.15, -0.1) is 0 Å². The van der Waals surface area contributed by atoms with E-state index in [4.69, 9.17) is 0 Å². The minimum atomic E-state index is -1.11. The molecule has 0 aliphatic rings. The van der Waals surface area contributed by atoms with Gasteiger partial charge < -0.3 is 20.6 Å². The molecular weight excluding hydrogens is 679 g/mol. The van der Waals surface area contributed by atoms with E-state index in [-0.39, 0.29) is 6.61 Å². The Balaban J connectivity index is 3.66. The van der Waals surface area contributed by atoms with Crippen molar-refractivity contribution in [3.63, 3.8) is 0 Å². The van der Waals surface area contributed by atoms with Crippen LogP contribution in [-0.2, 0) is 4.79 Å². The quantitative estimate of drug-likeness (QED) is 0.0367. The van der Waals surface area contributed by atoms with Crippen molar-refractivity contribution in [2.24, 2.45) is 0 Å². The minimum absolute atomic E-state index is 0.378. The highest BCUT2D eigenvalue weighted by molar-refractivity contribution is 5.80. The van der Waals surface area contributed by atoms with Crippen molar-refractivity contribution in [1.82, 2.24) is 5.32 Å². The molecule has 322 valence electrons. The number of unbranched alkanes of at least 4 members (excludes halogenated alkanes) is 29. The second-order valence-electron chi connectivity index (χ2n) is 16.3. The summed E-state index contributed by atoms with van der Waals surface area (Å²) in [5, 5.41) is 33.1. The van der Waals surface area contributed by atoms with Crippen LogP contribution >= 0.6 is 0 Å². The number of hydrogen-bond donors (Lipinski definition) is 4.